The first kappa shape index (κ1) is 17.2. The minimum absolute atomic E-state index is 0.0187. The van der Waals surface area contributed by atoms with Crippen molar-refractivity contribution in [1.82, 2.24) is 0 Å². The van der Waals surface area contributed by atoms with Crippen LogP contribution in [0.25, 0.3) is 11.1 Å². The molecule has 0 saturated heterocycles. The number of Topliss-reactive ketones (excluding diaryl/α,β-unsaturated/α-hetero) is 1. The van der Waals surface area contributed by atoms with Crippen LogP contribution in [0.4, 0.5) is 14.3 Å². The number of hydrogen-bond donors (Lipinski definition) is 0. The average Bonchev–Trinajstić information content (AvgIpc) is 2.69. The number of hydrogen-bond acceptors (Lipinski definition) is 3. The van der Waals surface area contributed by atoms with Crippen molar-refractivity contribution >= 4 is 24.6 Å². The molecule has 132 valence electrons. The van der Waals surface area contributed by atoms with Crippen LogP contribution in [0.2, 0.25) is 0 Å². The lowest BCUT2D eigenvalue weighted by Crippen LogP contribution is -2.32. The van der Waals surface area contributed by atoms with Gasteiger partial charge < -0.3 is 0 Å². The van der Waals surface area contributed by atoms with Gasteiger partial charge in [0.05, 0.1) is 5.69 Å². The summed E-state index contributed by atoms with van der Waals surface area (Å²) in [5.74, 6) is -0.359. The Morgan fingerprint density at radius 2 is 1.30 bits per heavy atom. The minimum atomic E-state index is -2.88. The van der Waals surface area contributed by atoms with Crippen LogP contribution in [0.15, 0.2) is 77.9 Å². The number of carbonyl (C=O) groups is 1. The predicted octanol–water partition coefficient (Wildman–Crippen LogP) is 4.99. The highest BCUT2D eigenvalue weighted by Gasteiger charge is 2.32. The maximum absolute atomic E-state index is 13.7. The van der Waals surface area contributed by atoms with E-state index in [-0.39, 0.29) is 17.2 Å². The van der Waals surface area contributed by atoms with Crippen molar-refractivity contribution in [2.45, 2.75) is 6.92 Å². The quantitative estimate of drug-likeness (QED) is 0.487. The Morgan fingerprint density at radius 1 is 0.778 bits per heavy atom. The van der Waals surface area contributed by atoms with Crippen LogP contribution in [0.3, 0.4) is 0 Å². The molecule has 0 amide bonds. The maximum atomic E-state index is 13.7. The molecule has 3 aromatic carbocycles. The molecule has 0 saturated carbocycles. The van der Waals surface area contributed by atoms with Gasteiger partial charge in [-0.25, -0.2) is 4.92 Å². The van der Waals surface area contributed by atoms with Crippen LogP contribution in [-0.2, 0) is 0 Å². The summed E-state index contributed by atoms with van der Waals surface area (Å²) in [7, 11) is -2.88. The number of anilines is 1. The Balaban J connectivity index is 1.89. The van der Waals surface area contributed by atoms with Gasteiger partial charge >= 0.3 is 7.40 Å². The van der Waals surface area contributed by atoms with Crippen LogP contribution >= 0.6 is 0 Å². The monoisotopic (exact) mass is 360 g/mol. The molecule has 1 aliphatic rings. The van der Waals surface area contributed by atoms with Crippen LogP contribution in [0.5, 0.6) is 0 Å². The third-order valence-electron chi connectivity index (χ3n) is 4.55. The van der Waals surface area contributed by atoms with E-state index in [2.05, 4.69) is 5.10 Å². The molecule has 0 bridgehead atoms. The SMILES string of the molecule is Cc1ccc(N(/N=C2\C(=O)c3ccccc3-c3ccccc32)B(F)F)cc1. The normalized spacial score (nSPS) is 13.9. The number of fused-ring (bicyclic) bond motifs is 3. The number of benzene rings is 3. The third kappa shape index (κ3) is 3.03. The number of nitrogens with zero attached hydrogens (tertiary/aromatic N) is 2. The highest BCUT2D eigenvalue weighted by atomic mass is 19.2. The largest absolute Gasteiger partial charge is 0.695 e. The van der Waals surface area contributed by atoms with Crippen molar-refractivity contribution in [2.75, 3.05) is 4.92 Å². The fourth-order valence-corrected chi connectivity index (χ4v) is 3.21. The number of aryl methyl sites for hydroxylation is 1. The molecule has 0 N–H and O–H groups in total. The number of rotatable bonds is 3. The predicted molar refractivity (Wildman–Crippen MR) is 104 cm³/mol. The number of carbonyl (C=O) groups excluding carboxylic acids is 1. The zero-order valence-electron chi connectivity index (χ0n) is 14.6. The van der Waals surface area contributed by atoms with Crippen LogP contribution in [0.1, 0.15) is 21.5 Å². The molecule has 0 heterocycles. The molecule has 1 aliphatic carbocycles. The van der Waals surface area contributed by atoms with Gasteiger partial charge in [0.15, 0.2) is 0 Å². The second kappa shape index (κ2) is 6.80. The second-order valence-corrected chi connectivity index (χ2v) is 6.33. The van der Waals surface area contributed by atoms with Gasteiger partial charge in [0, 0.05) is 11.1 Å². The first-order valence-electron chi connectivity index (χ1n) is 8.52. The molecule has 3 nitrogen and oxygen atoms in total. The fourth-order valence-electron chi connectivity index (χ4n) is 3.21. The van der Waals surface area contributed by atoms with E-state index < -0.39 is 7.40 Å². The fraction of sp³-hybridized carbons (Fsp3) is 0.0476. The van der Waals surface area contributed by atoms with Crippen LogP contribution in [-0.4, -0.2) is 18.9 Å². The van der Waals surface area contributed by atoms with Crippen LogP contribution < -0.4 is 4.92 Å². The van der Waals surface area contributed by atoms with Crippen molar-refractivity contribution in [2.24, 2.45) is 5.10 Å². The first-order valence-corrected chi connectivity index (χ1v) is 8.52. The molecule has 0 spiro atoms. The highest BCUT2D eigenvalue weighted by Crippen LogP contribution is 2.34. The Kier molecular flexibility index (Phi) is 4.32. The summed E-state index contributed by atoms with van der Waals surface area (Å²) in [6.07, 6.45) is 0. The molecule has 3 aromatic rings. The van der Waals surface area contributed by atoms with E-state index in [0.717, 1.165) is 16.7 Å². The van der Waals surface area contributed by atoms with Gasteiger partial charge in [-0.15, -0.1) is 0 Å². The van der Waals surface area contributed by atoms with Crippen molar-refractivity contribution in [1.29, 1.82) is 0 Å². The molecule has 4 rings (SSSR count). The molecule has 0 atom stereocenters. The van der Waals surface area contributed by atoms with E-state index in [4.69, 9.17) is 0 Å². The summed E-state index contributed by atoms with van der Waals surface area (Å²) < 4.78 is 27.5. The van der Waals surface area contributed by atoms with Gasteiger partial charge in [0.25, 0.3) is 0 Å². The highest BCUT2D eigenvalue weighted by molar-refractivity contribution is 6.56. The molecule has 6 heteroatoms. The first-order chi connectivity index (χ1) is 13.1. The summed E-state index contributed by atoms with van der Waals surface area (Å²) >= 11 is 0. The molecule has 27 heavy (non-hydrogen) atoms. The Morgan fingerprint density at radius 3 is 1.89 bits per heavy atom. The lowest BCUT2D eigenvalue weighted by atomic mass is 9.83. The lowest BCUT2D eigenvalue weighted by molar-refractivity contribution is 0.106. The Labute approximate surface area is 156 Å². The van der Waals surface area contributed by atoms with Crippen molar-refractivity contribution < 1.29 is 13.4 Å². The van der Waals surface area contributed by atoms with Gasteiger partial charge in [0.1, 0.15) is 5.71 Å². The summed E-state index contributed by atoms with van der Waals surface area (Å²) in [4.78, 5) is 13.6. The second-order valence-electron chi connectivity index (χ2n) is 6.33. The Hall–Kier alpha value is -3.28. The molecular formula is C21H15BF2N2O. The van der Waals surface area contributed by atoms with Gasteiger partial charge in [-0.3, -0.25) is 13.4 Å². The Bertz CT molecular complexity index is 1050. The third-order valence-corrected chi connectivity index (χ3v) is 4.55. The van der Waals surface area contributed by atoms with E-state index in [1.165, 1.54) is 0 Å². The molecule has 0 radical (unpaired) electrons. The number of hydrazone groups is 1. The van der Waals surface area contributed by atoms with Crippen LogP contribution in [0, 0.1) is 6.92 Å². The van der Waals surface area contributed by atoms with Gasteiger partial charge in [0.2, 0.25) is 5.78 Å². The zero-order chi connectivity index (χ0) is 19.0. The van der Waals surface area contributed by atoms with E-state index in [0.29, 0.717) is 16.0 Å². The van der Waals surface area contributed by atoms with E-state index in [1.807, 2.05) is 31.2 Å². The van der Waals surface area contributed by atoms with E-state index >= 15 is 0 Å². The van der Waals surface area contributed by atoms with Gasteiger partial charge in [-0.1, -0.05) is 66.2 Å². The van der Waals surface area contributed by atoms with Gasteiger partial charge in [-0.2, -0.15) is 5.10 Å². The summed E-state index contributed by atoms with van der Waals surface area (Å²) in [6, 6.07) is 21.0. The minimum Gasteiger partial charge on any atom is -0.287 e. The zero-order valence-corrected chi connectivity index (χ0v) is 14.6. The molecule has 0 aromatic heterocycles. The number of halogens is 2. The molecule has 0 aliphatic heterocycles. The smallest absolute Gasteiger partial charge is 0.287 e. The lowest BCUT2D eigenvalue weighted by Gasteiger charge is -2.23. The topological polar surface area (TPSA) is 32.7 Å². The van der Waals surface area contributed by atoms with Gasteiger partial charge in [-0.05, 0) is 30.2 Å². The average molecular weight is 360 g/mol. The molecule has 0 unspecified atom stereocenters. The summed E-state index contributed by atoms with van der Waals surface area (Å²) in [5, 5.41) is 4.11. The molecular weight excluding hydrogens is 345 g/mol. The standard InChI is InChI=1S/C21H15BF2N2O/c1-14-10-12-15(13-11-14)26(22(23)24)25-20-18-8-4-2-6-16(18)17-7-3-5-9-19(17)21(20)27/h2-13H,1H3/b25-20-. The molecule has 0 fully saturated rings. The van der Waals surface area contributed by atoms with Crippen molar-refractivity contribution in [3.05, 3.63) is 89.5 Å². The van der Waals surface area contributed by atoms with E-state index in [1.54, 1.807) is 48.5 Å². The summed E-state index contributed by atoms with van der Waals surface area (Å²) in [5.41, 5.74) is 3.82. The maximum Gasteiger partial charge on any atom is 0.695 e. The summed E-state index contributed by atoms with van der Waals surface area (Å²) in [6.45, 7) is 1.88. The van der Waals surface area contributed by atoms with E-state index in [9.17, 15) is 13.4 Å². The van der Waals surface area contributed by atoms with Crippen molar-refractivity contribution in [3.63, 3.8) is 0 Å². The van der Waals surface area contributed by atoms with Crippen molar-refractivity contribution in [3.8, 4) is 11.1 Å². The number of ketones is 1.